The van der Waals surface area contributed by atoms with E-state index < -0.39 is 7.26 Å². The van der Waals surface area contributed by atoms with E-state index in [9.17, 15) is 0 Å². The molecule has 4 aromatic rings. The van der Waals surface area contributed by atoms with Gasteiger partial charge >= 0.3 is 0 Å². The molecule has 0 bridgehead atoms. The molecule has 0 aliphatic carbocycles. The highest BCUT2D eigenvalue weighted by atomic mass is 31.2. The average Bonchev–Trinajstić information content (AvgIpc) is 2.86. The fourth-order valence-corrected chi connectivity index (χ4v) is 9.42. The van der Waals surface area contributed by atoms with Crippen LogP contribution in [0.15, 0.2) is 109 Å². The van der Waals surface area contributed by atoms with Crippen LogP contribution in [0, 0.1) is 0 Å². The van der Waals surface area contributed by atoms with Crippen molar-refractivity contribution in [1.29, 1.82) is 0 Å². The van der Waals surface area contributed by atoms with Gasteiger partial charge in [-0.25, -0.2) is 0 Å². The Kier molecular flexibility index (Phi) is 5.49. The first-order chi connectivity index (χ1) is 15.3. The maximum Gasteiger partial charge on any atom is 0.161 e. The van der Waals surface area contributed by atoms with Crippen molar-refractivity contribution in [3.63, 3.8) is 0 Å². The molecule has 0 saturated heterocycles. The molecule has 0 N–H and O–H groups in total. The van der Waals surface area contributed by atoms with Gasteiger partial charge in [0.1, 0.15) is 42.0 Å². The van der Waals surface area contributed by atoms with Crippen molar-refractivity contribution in [2.24, 2.45) is 0 Å². The van der Waals surface area contributed by atoms with Gasteiger partial charge in [0.2, 0.25) is 0 Å². The summed E-state index contributed by atoms with van der Waals surface area (Å²) in [6, 6.07) is 39.5. The number of rotatable bonds is 5. The second-order valence-electron chi connectivity index (χ2n) is 7.81. The monoisotopic (exact) mass is 425 g/mol. The molecule has 0 unspecified atom stereocenters. The summed E-state index contributed by atoms with van der Waals surface area (Å²) < 4.78 is 11.7. The van der Waals surface area contributed by atoms with Crippen LogP contribution in [0.1, 0.15) is 18.1 Å². The third-order valence-corrected chi connectivity index (χ3v) is 10.9. The average molecular weight is 425 g/mol. The van der Waals surface area contributed by atoms with Crippen molar-refractivity contribution in [2.75, 3.05) is 13.2 Å². The minimum atomic E-state index is -2.00. The molecule has 0 aromatic heterocycles. The van der Waals surface area contributed by atoms with Crippen LogP contribution in [0.5, 0.6) is 11.5 Å². The van der Waals surface area contributed by atoms with E-state index >= 15 is 0 Å². The Hall–Kier alpha value is -3.09. The Morgan fingerprint density at radius 2 is 1.03 bits per heavy atom. The molecule has 4 aromatic carbocycles. The predicted octanol–water partition coefficient (Wildman–Crippen LogP) is 5.51. The van der Waals surface area contributed by atoms with Gasteiger partial charge in [-0.05, 0) is 61.0 Å². The Morgan fingerprint density at radius 3 is 1.52 bits per heavy atom. The fraction of sp³-hybridized carbons (Fsp3) is 0.143. The van der Waals surface area contributed by atoms with Gasteiger partial charge in [0.25, 0.3) is 0 Å². The van der Waals surface area contributed by atoms with E-state index in [-0.39, 0.29) is 5.66 Å². The Morgan fingerprint density at radius 1 is 0.581 bits per heavy atom. The first-order valence-corrected chi connectivity index (χ1v) is 12.6. The van der Waals surface area contributed by atoms with Crippen LogP contribution >= 0.6 is 7.26 Å². The zero-order valence-electron chi connectivity index (χ0n) is 17.6. The molecule has 0 saturated carbocycles. The van der Waals surface area contributed by atoms with Crippen LogP contribution in [-0.4, -0.2) is 13.2 Å². The van der Waals surface area contributed by atoms with Gasteiger partial charge in [0, 0.05) is 0 Å². The van der Waals surface area contributed by atoms with Crippen molar-refractivity contribution in [1.82, 2.24) is 0 Å². The van der Waals surface area contributed by atoms with E-state index in [1.54, 1.807) is 0 Å². The van der Waals surface area contributed by atoms with E-state index in [2.05, 4.69) is 116 Å². The molecule has 5 rings (SSSR count). The quantitative estimate of drug-likeness (QED) is 0.393. The van der Waals surface area contributed by atoms with Gasteiger partial charge in [-0.3, -0.25) is 0 Å². The minimum Gasteiger partial charge on any atom is -0.486 e. The predicted molar refractivity (Wildman–Crippen MR) is 131 cm³/mol. The number of benzene rings is 4. The molecular weight excluding hydrogens is 399 g/mol. The summed E-state index contributed by atoms with van der Waals surface area (Å²) in [5, 5.41) is 4.15. The standard InChI is InChI=1S/C28H26O2P/c1-22(23-17-18-27-28(21-23)30-20-19-29-27)31(24-11-5-2-6-12-24,25-13-7-3-8-14-25)26-15-9-4-10-16-26/h2-18,21-22H,19-20H2,1H3/q+1/t22-/m1/s1. The molecule has 0 spiro atoms. The van der Waals surface area contributed by atoms with E-state index in [4.69, 9.17) is 9.47 Å². The molecule has 1 atom stereocenters. The molecule has 1 heterocycles. The highest BCUT2D eigenvalue weighted by Crippen LogP contribution is 2.66. The molecule has 2 nitrogen and oxygen atoms in total. The molecule has 31 heavy (non-hydrogen) atoms. The largest absolute Gasteiger partial charge is 0.486 e. The zero-order valence-corrected chi connectivity index (χ0v) is 18.5. The smallest absolute Gasteiger partial charge is 0.161 e. The molecule has 0 radical (unpaired) electrons. The molecule has 3 heteroatoms. The minimum absolute atomic E-state index is 0.260. The van der Waals surface area contributed by atoms with Crippen LogP contribution in [0.2, 0.25) is 0 Å². The van der Waals surface area contributed by atoms with Crippen molar-refractivity contribution in [3.8, 4) is 11.5 Å². The fourth-order valence-electron chi connectivity index (χ4n) is 4.65. The maximum absolute atomic E-state index is 5.93. The lowest BCUT2D eigenvalue weighted by Crippen LogP contribution is -2.34. The number of hydrogen-bond donors (Lipinski definition) is 0. The molecule has 1 aliphatic rings. The summed E-state index contributed by atoms with van der Waals surface area (Å²) in [5.74, 6) is 1.69. The highest BCUT2D eigenvalue weighted by Gasteiger charge is 2.51. The van der Waals surface area contributed by atoms with Crippen molar-refractivity contribution in [3.05, 3.63) is 115 Å². The van der Waals surface area contributed by atoms with E-state index in [0.717, 1.165) is 11.5 Å². The van der Waals surface area contributed by atoms with Gasteiger partial charge in [0.15, 0.2) is 11.5 Å². The lowest BCUT2D eigenvalue weighted by molar-refractivity contribution is 0.171. The highest BCUT2D eigenvalue weighted by molar-refractivity contribution is 7.95. The van der Waals surface area contributed by atoms with Crippen molar-refractivity contribution >= 4 is 23.2 Å². The second-order valence-corrected chi connectivity index (χ2v) is 11.6. The zero-order chi connectivity index (χ0) is 21.1. The summed E-state index contributed by atoms with van der Waals surface area (Å²) in [6.07, 6.45) is 0. The Labute approximate surface area is 184 Å². The van der Waals surface area contributed by atoms with Gasteiger partial charge in [0.05, 0.1) is 0 Å². The summed E-state index contributed by atoms with van der Waals surface area (Å²) in [5.41, 5.74) is 1.53. The van der Waals surface area contributed by atoms with Crippen LogP contribution < -0.4 is 25.4 Å². The van der Waals surface area contributed by atoms with E-state index in [1.807, 2.05) is 0 Å². The summed E-state index contributed by atoms with van der Waals surface area (Å²) in [6.45, 7) is 3.57. The molecule has 0 amide bonds. The number of hydrogen-bond acceptors (Lipinski definition) is 2. The van der Waals surface area contributed by atoms with Crippen LogP contribution in [-0.2, 0) is 0 Å². The van der Waals surface area contributed by atoms with Crippen LogP contribution in [0.25, 0.3) is 0 Å². The summed E-state index contributed by atoms with van der Waals surface area (Å²) >= 11 is 0. The summed E-state index contributed by atoms with van der Waals surface area (Å²) in [7, 11) is -2.00. The first-order valence-electron chi connectivity index (χ1n) is 10.8. The second kappa shape index (κ2) is 8.57. The summed E-state index contributed by atoms with van der Waals surface area (Å²) in [4.78, 5) is 0. The van der Waals surface area contributed by atoms with Crippen LogP contribution in [0.4, 0.5) is 0 Å². The van der Waals surface area contributed by atoms with Crippen molar-refractivity contribution in [2.45, 2.75) is 12.6 Å². The third kappa shape index (κ3) is 3.52. The van der Waals surface area contributed by atoms with Gasteiger partial charge < -0.3 is 9.47 Å². The molecule has 1 aliphatic heterocycles. The third-order valence-electron chi connectivity index (χ3n) is 6.12. The van der Waals surface area contributed by atoms with Gasteiger partial charge in [-0.2, -0.15) is 0 Å². The normalized spacial score (nSPS) is 14.1. The molecular formula is C28H26O2P+. The van der Waals surface area contributed by atoms with Crippen LogP contribution in [0.3, 0.4) is 0 Å². The van der Waals surface area contributed by atoms with Gasteiger partial charge in [-0.15, -0.1) is 0 Å². The number of fused-ring (bicyclic) bond motifs is 1. The lowest BCUT2D eigenvalue weighted by atomic mass is 10.1. The Bertz CT molecular complexity index is 1050. The Balaban J connectivity index is 1.77. The molecule has 0 fully saturated rings. The van der Waals surface area contributed by atoms with E-state index in [1.165, 1.54) is 21.5 Å². The maximum atomic E-state index is 5.93. The number of ether oxygens (including phenoxy) is 2. The SMILES string of the molecule is C[C@H](c1ccc2c(c1)OCCO2)[P+](c1ccccc1)(c1ccccc1)c1ccccc1. The molecule has 154 valence electrons. The van der Waals surface area contributed by atoms with Crippen molar-refractivity contribution < 1.29 is 9.47 Å². The van der Waals surface area contributed by atoms with E-state index in [0.29, 0.717) is 13.2 Å². The van der Waals surface area contributed by atoms with Gasteiger partial charge in [-0.1, -0.05) is 60.7 Å². The first kappa shape index (κ1) is 19.8. The lowest BCUT2D eigenvalue weighted by Gasteiger charge is -2.33. The topological polar surface area (TPSA) is 18.5 Å².